The summed E-state index contributed by atoms with van der Waals surface area (Å²) in [7, 11) is 0. The second-order valence-electron chi connectivity index (χ2n) is 1.29. The summed E-state index contributed by atoms with van der Waals surface area (Å²) in [6.45, 7) is 1.93. The molecule has 0 saturated heterocycles. The third-order valence-corrected chi connectivity index (χ3v) is 1.02. The molecule has 1 atom stereocenters. The third-order valence-electron chi connectivity index (χ3n) is 0.713. The summed E-state index contributed by atoms with van der Waals surface area (Å²) < 4.78 is 0. The van der Waals surface area contributed by atoms with Crippen LogP contribution >= 0.6 is 15.9 Å². The van der Waals surface area contributed by atoms with Crippen LogP contribution in [0.3, 0.4) is 0 Å². The Kier molecular flexibility index (Phi) is 4.45. The van der Waals surface area contributed by atoms with Gasteiger partial charge in [0.2, 0.25) is 0 Å². The molecule has 0 saturated carbocycles. The predicted octanol–water partition coefficient (Wildman–Crippen LogP) is 1.67. The maximum absolute atomic E-state index is 8.74. The highest BCUT2D eigenvalue weighted by molar-refractivity contribution is 9.11. The van der Waals surface area contributed by atoms with Crippen molar-refractivity contribution >= 4 is 15.9 Å². The van der Waals surface area contributed by atoms with Gasteiger partial charge in [-0.15, -0.1) is 0 Å². The minimum atomic E-state index is -0.278. The Morgan fingerprint density at radius 2 is 2.43 bits per heavy atom. The van der Waals surface area contributed by atoms with E-state index < -0.39 is 0 Å². The van der Waals surface area contributed by atoms with Crippen LogP contribution in [0.25, 0.3) is 0 Å². The first-order valence-corrected chi connectivity index (χ1v) is 3.17. The van der Waals surface area contributed by atoms with Crippen molar-refractivity contribution in [1.82, 2.24) is 0 Å². The summed E-state index contributed by atoms with van der Waals surface area (Å²) in [5.74, 6) is 0. The van der Waals surface area contributed by atoms with Gasteiger partial charge in [-0.1, -0.05) is 22.9 Å². The second kappa shape index (κ2) is 4.34. The van der Waals surface area contributed by atoms with Crippen LogP contribution in [-0.4, -0.2) is 11.2 Å². The lowest BCUT2D eigenvalue weighted by atomic mass is 10.3. The number of halogens is 1. The van der Waals surface area contributed by atoms with Gasteiger partial charge in [0.1, 0.15) is 0 Å². The molecule has 0 aromatic carbocycles. The van der Waals surface area contributed by atoms with E-state index in [-0.39, 0.29) is 6.10 Å². The van der Waals surface area contributed by atoms with E-state index in [1.54, 1.807) is 11.1 Å². The van der Waals surface area contributed by atoms with Crippen molar-refractivity contribution in [3.8, 4) is 0 Å². The summed E-state index contributed by atoms with van der Waals surface area (Å²) >= 11 is 3.05. The number of aliphatic hydroxyl groups excluding tert-OH is 1. The summed E-state index contributed by atoms with van der Waals surface area (Å²) in [6, 6.07) is 0. The van der Waals surface area contributed by atoms with E-state index in [9.17, 15) is 0 Å². The maximum Gasteiger partial charge on any atom is 0.0726 e. The van der Waals surface area contributed by atoms with Crippen LogP contribution in [-0.2, 0) is 0 Å². The Bertz CT molecular complexity index is 61.1. The van der Waals surface area contributed by atoms with Gasteiger partial charge in [-0.2, -0.15) is 0 Å². The Balaban J connectivity index is 3.16. The quantitative estimate of drug-likeness (QED) is 0.659. The van der Waals surface area contributed by atoms with Crippen LogP contribution in [0.4, 0.5) is 0 Å². The lowest BCUT2D eigenvalue weighted by Crippen LogP contribution is -1.96. The van der Waals surface area contributed by atoms with Crippen LogP contribution in [0.15, 0.2) is 11.1 Å². The molecular weight excluding hydrogens is 156 g/mol. The van der Waals surface area contributed by atoms with Crippen molar-refractivity contribution < 1.29 is 5.11 Å². The summed E-state index contributed by atoms with van der Waals surface area (Å²) in [4.78, 5) is 1.67. The van der Waals surface area contributed by atoms with E-state index >= 15 is 0 Å². The van der Waals surface area contributed by atoms with Crippen LogP contribution in [0, 0.1) is 0 Å². The highest BCUT2D eigenvalue weighted by Crippen LogP contribution is 1.93. The summed E-state index contributed by atoms with van der Waals surface area (Å²) in [6.07, 6.45) is 2.20. The smallest absolute Gasteiger partial charge is 0.0726 e. The topological polar surface area (TPSA) is 20.2 Å². The average Bonchev–Trinajstić information content (AvgIpc) is 1.68. The van der Waals surface area contributed by atoms with Gasteiger partial charge in [-0.25, -0.2) is 0 Å². The zero-order valence-electron chi connectivity index (χ0n) is 4.26. The zero-order valence-corrected chi connectivity index (χ0v) is 5.85. The highest BCUT2D eigenvalue weighted by atomic mass is 79.9. The Morgan fingerprint density at radius 1 is 1.86 bits per heavy atom. The van der Waals surface area contributed by atoms with Crippen molar-refractivity contribution in [2.45, 2.75) is 19.4 Å². The van der Waals surface area contributed by atoms with Crippen molar-refractivity contribution in [2.24, 2.45) is 0 Å². The third kappa shape index (κ3) is 4.02. The van der Waals surface area contributed by atoms with Crippen molar-refractivity contribution in [1.29, 1.82) is 0 Å². The molecule has 1 nitrogen and oxygen atoms in total. The maximum atomic E-state index is 8.74. The standard InChI is InChI=1S/C5H9BrO/c1-2-5(7)3-4-6/h3-5,7H,2H2,1H3/b4-3+. The Labute approximate surface area is 52.2 Å². The molecule has 7 heavy (non-hydrogen) atoms. The monoisotopic (exact) mass is 164 g/mol. The summed E-state index contributed by atoms with van der Waals surface area (Å²) in [5.41, 5.74) is 0. The highest BCUT2D eigenvalue weighted by Gasteiger charge is 1.88. The lowest BCUT2D eigenvalue weighted by molar-refractivity contribution is 0.219. The van der Waals surface area contributed by atoms with Gasteiger partial charge < -0.3 is 5.11 Å². The number of aliphatic hydroxyl groups is 1. The van der Waals surface area contributed by atoms with Gasteiger partial charge in [0, 0.05) is 0 Å². The molecule has 0 spiro atoms. The first kappa shape index (κ1) is 7.18. The van der Waals surface area contributed by atoms with Gasteiger partial charge in [0.15, 0.2) is 0 Å². The molecule has 0 aliphatic carbocycles. The van der Waals surface area contributed by atoms with Crippen LogP contribution in [0.2, 0.25) is 0 Å². The van der Waals surface area contributed by atoms with E-state index in [1.807, 2.05) is 6.92 Å². The van der Waals surface area contributed by atoms with E-state index in [1.165, 1.54) is 0 Å². The number of hydrogen-bond acceptors (Lipinski definition) is 1. The molecule has 0 radical (unpaired) electrons. The van der Waals surface area contributed by atoms with Crippen LogP contribution in [0.1, 0.15) is 13.3 Å². The Hall–Kier alpha value is 0.180. The normalized spacial score (nSPS) is 15.3. The van der Waals surface area contributed by atoms with Gasteiger partial charge >= 0.3 is 0 Å². The molecule has 1 unspecified atom stereocenters. The molecular formula is C5H9BrO. The number of rotatable bonds is 2. The fraction of sp³-hybridized carbons (Fsp3) is 0.600. The van der Waals surface area contributed by atoms with Gasteiger partial charge in [-0.05, 0) is 17.5 Å². The van der Waals surface area contributed by atoms with E-state index in [2.05, 4.69) is 15.9 Å². The molecule has 0 rings (SSSR count). The zero-order chi connectivity index (χ0) is 5.70. The largest absolute Gasteiger partial charge is 0.389 e. The molecule has 0 heterocycles. The molecule has 0 aromatic rings. The van der Waals surface area contributed by atoms with Gasteiger partial charge in [-0.3, -0.25) is 0 Å². The second-order valence-corrected chi connectivity index (χ2v) is 1.82. The van der Waals surface area contributed by atoms with Crippen molar-refractivity contribution in [2.75, 3.05) is 0 Å². The molecule has 0 aromatic heterocycles. The molecule has 42 valence electrons. The first-order chi connectivity index (χ1) is 3.31. The molecule has 0 bridgehead atoms. The minimum Gasteiger partial charge on any atom is -0.389 e. The van der Waals surface area contributed by atoms with Crippen LogP contribution < -0.4 is 0 Å². The lowest BCUT2D eigenvalue weighted by Gasteiger charge is -1.94. The molecule has 0 aliphatic heterocycles. The molecule has 0 amide bonds. The average molecular weight is 165 g/mol. The van der Waals surface area contributed by atoms with Crippen molar-refractivity contribution in [3.63, 3.8) is 0 Å². The van der Waals surface area contributed by atoms with E-state index in [0.717, 1.165) is 6.42 Å². The SMILES string of the molecule is CCC(O)/C=C/Br. The Morgan fingerprint density at radius 3 is 2.57 bits per heavy atom. The molecule has 2 heteroatoms. The van der Waals surface area contributed by atoms with Gasteiger partial charge in [0.25, 0.3) is 0 Å². The van der Waals surface area contributed by atoms with Crippen molar-refractivity contribution in [3.05, 3.63) is 11.1 Å². The molecule has 0 fully saturated rings. The van der Waals surface area contributed by atoms with E-state index in [0.29, 0.717) is 0 Å². The summed E-state index contributed by atoms with van der Waals surface area (Å²) in [5, 5.41) is 8.74. The fourth-order valence-electron chi connectivity index (χ4n) is 0.220. The number of hydrogen-bond donors (Lipinski definition) is 1. The molecule has 0 aliphatic rings. The predicted molar refractivity (Wildman–Crippen MR) is 34.4 cm³/mol. The fourth-order valence-corrected chi connectivity index (χ4v) is 0.572. The van der Waals surface area contributed by atoms with Gasteiger partial charge in [0.05, 0.1) is 6.10 Å². The van der Waals surface area contributed by atoms with E-state index in [4.69, 9.17) is 5.11 Å². The van der Waals surface area contributed by atoms with Crippen LogP contribution in [0.5, 0.6) is 0 Å². The first-order valence-electron chi connectivity index (χ1n) is 2.26. The minimum absolute atomic E-state index is 0.278. The molecule has 1 N–H and O–H groups in total.